The number of fused-ring (bicyclic) bond motifs is 1. The van der Waals surface area contributed by atoms with Crippen LogP contribution in [0.3, 0.4) is 0 Å². The van der Waals surface area contributed by atoms with E-state index in [-0.39, 0.29) is 11.9 Å². The first-order valence-corrected chi connectivity index (χ1v) is 7.22. The number of carbonyl (C=O) groups excluding carboxylic acids is 1. The molecule has 0 spiro atoms. The third kappa shape index (κ3) is 2.34. The average molecular weight is 260 g/mol. The van der Waals surface area contributed by atoms with E-state index in [2.05, 4.69) is 40.3 Å². The van der Waals surface area contributed by atoms with E-state index in [1.165, 1.54) is 10.1 Å². The van der Waals surface area contributed by atoms with Crippen LogP contribution in [0.25, 0.3) is 10.1 Å². The molecule has 1 aliphatic heterocycles. The predicted octanol–water partition coefficient (Wildman–Crippen LogP) is 2.98. The smallest absolute Gasteiger partial charge is 0.242 e. The molecule has 4 heteroatoms. The van der Waals surface area contributed by atoms with Crippen LogP contribution >= 0.6 is 11.3 Å². The van der Waals surface area contributed by atoms with Gasteiger partial charge < -0.3 is 10.6 Å². The third-order valence-electron chi connectivity index (χ3n) is 3.33. The number of nitrogens with one attached hydrogen (secondary N) is 2. The monoisotopic (exact) mass is 260 g/mol. The van der Waals surface area contributed by atoms with Gasteiger partial charge in [0.2, 0.25) is 5.91 Å². The van der Waals surface area contributed by atoms with Crippen molar-refractivity contribution >= 4 is 33.0 Å². The van der Waals surface area contributed by atoms with E-state index >= 15 is 0 Å². The summed E-state index contributed by atoms with van der Waals surface area (Å²) in [5.41, 5.74) is 1.03. The fourth-order valence-electron chi connectivity index (χ4n) is 2.33. The molecule has 0 bridgehead atoms. The molecule has 2 aromatic rings. The minimum absolute atomic E-state index is 0.0939. The predicted molar refractivity (Wildman–Crippen MR) is 76.1 cm³/mol. The normalized spacial score (nSPS) is 20.4. The van der Waals surface area contributed by atoms with Crippen molar-refractivity contribution in [3.8, 4) is 0 Å². The van der Waals surface area contributed by atoms with Crippen molar-refractivity contribution in [3.63, 3.8) is 0 Å². The molecule has 1 amide bonds. The van der Waals surface area contributed by atoms with E-state index < -0.39 is 0 Å². The molecule has 3 rings (SSSR count). The van der Waals surface area contributed by atoms with Crippen molar-refractivity contribution in [3.05, 3.63) is 29.6 Å². The molecule has 94 valence electrons. The second-order valence-corrected chi connectivity index (χ2v) is 5.60. The van der Waals surface area contributed by atoms with Crippen LogP contribution in [0.2, 0.25) is 0 Å². The Hall–Kier alpha value is -1.55. The largest absolute Gasteiger partial charge is 0.374 e. The van der Waals surface area contributed by atoms with E-state index in [1.54, 1.807) is 11.3 Å². The van der Waals surface area contributed by atoms with E-state index in [1.807, 2.05) is 0 Å². The Morgan fingerprint density at radius 1 is 1.28 bits per heavy atom. The second kappa shape index (κ2) is 4.98. The molecule has 1 fully saturated rings. The lowest BCUT2D eigenvalue weighted by Crippen LogP contribution is -2.37. The van der Waals surface area contributed by atoms with Crippen molar-refractivity contribution < 1.29 is 4.79 Å². The van der Waals surface area contributed by atoms with Crippen LogP contribution in [-0.4, -0.2) is 18.5 Å². The van der Waals surface area contributed by atoms with E-state index in [9.17, 15) is 4.79 Å². The lowest BCUT2D eigenvalue weighted by molar-refractivity contribution is -0.121. The molecular weight excluding hydrogens is 244 g/mol. The summed E-state index contributed by atoms with van der Waals surface area (Å²) in [5.74, 6) is 0.123. The Balaban J connectivity index is 1.79. The number of amides is 1. The van der Waals surface area contributed by atoms with Gasteiger partial charge in [-0.05, 0) is 54.3 Å². The van der Waals surface area contributed by atoms with Gasteiger partial charge in [-0.25, -0.2) is 0 Å². The summed E-state index contributed by atoms with van der Waals surface area (Å²) in [4.78, 5) is 11.9. The van der Waals surface area contributed by atoms with E-state index in [0.29, 0.717) is 0 Å². The maximum absolute atomic E-state index is 11.9. The highest BCUT2D eigenvalue weighted by Gasteiger charge is 2.20. The molecule has 1 aromatic heterocycles. The Bertz CT molecular complexity index is 564. The molecular formula is C14H16N2OS. The topological polar surface area (TPSA) is 41.1 Å². The van der Waals surface area contributed by atoms with Crippen LogP contribution in [0.15, 0.2) is 29.6 Å². The van der Waals surface area contributed by atoms with Gasteiger partial charge in [0.15, 0.2) is 0 Å². The summed E-state index contributed by atoms with van der Waals surface area (Å²) in [5, 5.41) is 9.62. The second-order valence-electron chi connectivity index (χ2n) is 4.66. The van der Waals surface area contributed by atoms with Gasteiger partial charge >= 0.3 is 0 Å². The number of thiophene rings is 1. The maximum Gasteiger partial charge on any atom is 0.242 e. The fraction of sp³-hybridized carbons (Fsp3) is 0.357. The summed E-state index contributed by atoms with van der Waals surface area (Å²) < 4.78 is 1.28. The number of anilines is 1. The van der Waals surface area contributed by atoms with Crippen LogP contribution in [-0.2, 0) is 4.79 Å². The summed E-state index contributed by atoms with van der Waals surface area (Å²) in [6.45, 7) is 0.806. The van der Waals surface area contributed by atoms with Gasteiger partial charge in [-0.1, -0.05) is 0 Å². The molecule has 2 heterocycles. The first-order valence-electron chi connectivity index (χ1n) is 6.34. The van der Waals surface area contributed by atoms with Gasteiger partial charge in [0.25, 0.3) is 0 Å². The molecule has 2 N–H and O–H groups in total. The Morgan fingerprint density at radius 3 is 3.17 bits per heavy atom. The zero-order valence-electron chi connectivity index (χ0n) is 10.1. The van der Waals surface area contributed by atoms with Crippen LogP contribution in [0.4, 0.5) is 5.69 Å². The molecule has 0 saturated carbocycles. The number of benzene rings is 1. The third-order valence-corrected chi connectivity index (χ3v) is 4.23. The summed E-state index contributed by atoms with van der Waals surface area (Å²) in [6.07, 6.45) is 3.08. The van der Waals surface area contributed by atoms with Gasteiger partial charge in [0.1, 0.15) is 6.04 Å². The minimum Gasteiger partial charge on any atom is -0.374 e. The zero-order valence-corrected chi connectivity index (χ0v) is 10.9. The SMILES string of the molecule is O=C1NCCCCC1Nc1ccc2sccc2c1. The molecule has 1 aromatic carbocycles. The number of hydrogen-bond donors (Lipinski definition) is 2. The van der Waals surface area contributed by atoms with Gasteiger partial charge in [-0.3, -0.25) is 4.79 Å². The fourth-order valence-corrected chi connectivity index (χ4v) is 3.11. The highest BCUT2D eigenvalue weighted by atomic mass is 32.1. The molecule has 1 atom stereocenters. The highest BCUT2D eigenvalue weighted by molar-refractivity contribution is 7.17. The van der Waals surface area contributed by atoms with Crippen LogP contribution in [0.5, 0.6) is 0 Å². The number of hydrogen-bond acceptors (Lipinski definition) is 3. The minimum atomic E-state index is -0.0939. The average Bonchev–Trinajstić information content (AvgIpc) is 2.75. The molecule has 1 aliphatic rings. The Kier molecular flexibility index (Phi) is 3.19. The zero-order chi connectivity index (χ0) is 12.4. The molecule has 1 saturated heterocycles. The maximum atomic E-state index is 11.9. The lowest BCUT2D eigenvalue weighted by Gasteiger charge is -2.16. The van der Waals surface area contributed by atoms with Gasteiger partial charge in [-0.2, -0.15) is 0 Å². The van der Waals surface area contributed by atoms with Crippen molar-refractivity contribution in [1.29, 1.82) is 0 Å². The molecule has 3 nitrogen and oxygen atoms in total. The molecule has 0 radical (unpaired) electrons. The standard InChI is InChI=1S/C14H16N2OS/c17-14-12(3-1-2-7-15-14)16-11-4-5-13-10(9-11)6-8-18-13/h4-6,8-9,12,16H,1-3,7H2,(H,15,17). The van der Waals surface area contributed by atoms with Crippen LogP contribution in [0, 0.1) is 0 Å². The van der Waals surface area contributed by atoms with Gasteiger partial charge in [-0.15, -0.1) is 11.3 Å². The first kappa shape index (κ1) is 11.5. The van der Waals surface area contributed by atoms with Gasteiger partial charge in [0, 0.05) is 16.9 Å². The Morgan fingerprint density at radius 2 is 2.22 bits per heavy atom. The first-order chi connectivity index (χ1) is 8.83. The van der Waals surface area contributed by atoms with Crippen molar-refractivity contribution in [2.75, 3.05) is 11.9 Å². The summed E-state index contributed by atoms with van der Waals surface area (Å²) in [6, 6.07) is 8.29. The summed E-state index contributed by atoms with van der Waals surface area (Å²) in [7, 11) is 0. The molecule has 1 unspecified atom stereocenters. The van der Waals surface area contributed by atoms with E-state index in [0.717, 1.165) is 31.5 Å². The lowest BCUT2D eigenvalue weighted by atomic mass is 10.1. The Labute approximate surface area is 110 Å². The highest BCUT2D eigenvalue weighted by Crippen LogP contribution is 2.25. The van der Waals surface area contributed by atoms with E-state index in [4.69, 9.17) is 0 Å². The molecule has 18 heavy (non-hydrogen) atoms. The van der Waals surface area contributed by atoms with Crippen molar-refractivity contribution in [2.45, 2.75) is 25.3 Å². The van der Waals surface area contributed by atoms with Crippen molar-refractivity contribution in [2.24, 2.45) is 0 Å². The van der Waals surface area contributed by atoms with Crippen molar-refractivity contribution in [1.82, 2.24) is 5.32 Å². The summed E-state index contributed by atoms with van der Waals surface area (Å²) >= 11 is 1.74. The number of rotatable bonds is 2. The van der Waals surface area contributed by atoms with Gasteiger partial charge in [0.05, 0.1) is 0 Å². The van der Waals surface area contributed by atoms with Crippen LogP contribution < -0.4 is 10.6 Å². The number of carbonyl (C=O) groups is 1. The molecule has 0 aliphatic carbocycles. The quantitative estimate of drug-likeness (QED) is 0.871. The van der Waals surface area contributed by atoms with Crippen LogP contribution in [0.1, 0.15) is 19.3 Å².